The van der Waals surface area contributed by atoms with Crippen LogP contribution in [0.1, 0.15) is 64.5 Å². The first-order chi connectivity index (χ1) is 21.7. The van der Waals surface area contributed by atoms with Crippen LogP contribution in [-0.4, -0.2) is 88.7 Å². The Kier molecular flexibility index (Phi) is 10.5. The number of carbonyl (C=O) groups excluding carboxylic acids is 4. The van der Waals surface area contributed by atoms with Crippen molar-refractivity contribution in [2.24, 2.45) is 17.8 Å². The molecule has 1 spiro atoms. The third-order valence-electron chi connectivity index (χ3n) is 9.78. The number of fused-ring (bicyclic) bond motifs is 2. The maximum Gasteiger partial charge on any atom is 0.306 e. The van der Waals surface area contributed by atoms with Gasteiger partial charge in [0.25, 0.3) is 0 Å². The number of benzene rings is 1. The molecule has 0 unspecified atom stereocenters. The minimum absolute atomic E-state index is 0.0735. The number of aliphatic hydroxyl groups is 1. The van der Waals surface area contributed by atoms with E-state index in [1.165, 1.54) is 4.90 Å². The predicted octanol–water partition coefficient (Wildman–Crippen LogP) is 3.65. The molecule has 0 radical (unpaired) electrons. The van der Waals surface area contributed by atoms with E-state index in [4.69, 9.17) is 9.47 Å². The molecule has 11 heteroatoms. The van der Waals surface area contributed by atoms with E-state index in [-0.39, 0.29) is 43.9 Å². The van der Waals surface area contributed by atoms with Crippen molar-refractivity contribution in [3.63, 3.8) is 0 Å². The van der Waals surface area contributed by atoms with Gasteiger partial charge < -0.3 is 29.7 Å². The molecular weight excluding hydrogens is 642 g/mol. The van der Waals surface area contributed by atoms with Crippen LogP contribution in [0.4, 0.5) is 0 Å². The Bertz CT molecular complexity index is 1340. The minimum atomic E-state index is -1.39. The lowest BCUT2D eigenvalue weighted by molar-refractivity contribution is -0.151. The number of carbonyl (C=O) groups is 4. The van der Waals surface area contributed by atoms with Crippen LogP contribution in [0.15, 0.2) is 53.0 Å². The van der Waals surface area contributed by atoms with Crippen LogP contribution in [0.5, 0.6) is 0 Å². The highest BCUT2D eigenvalue weighted by Crippen LogP contribution is 2.59. The number of unbranched alkanes of at least 4 members (excludes halogenated alkanes) is 1. The van der Waals surface area contributed by atoms with Gasteiger partial charge in [0.1, 0.15) is 24.4 Å². The number of aliphatic hydroxyl groups excluding tert-OH is 1. The molecule has 0 aliphatic carbocycles. The quantitative estimate of drug-likeness (QED) is 0.316. The third-order valence-corrected chi connectivity index (χ3v) is 10.5. The van der Waals surface area contributed by atoms with Crippen molar-refractivity contribution in [3.8, 4) is 0 Å². The van der Waals surface area contributed by atoms with Crippen molar-refractivity contribution >= 4 is 39.6 Å². The summed E-state index contributed by atoms with van der Waals surface area (Å²) in [5, 5.41) is 13.7. The molecule has 8 atom stereocenters. The zero-order valence-electron chi connectivity index (χ0n) is 26.2. The molecule has 1 aromatic rings. The molecule has 10 nitrogen and oxygen atoms in total. The molecule has 0 saturated carbocycles. The average Bonchev–Trinajstić information content (AvgIpc) is 3.63. The van der Waals surface area contributed by atoms with Crippen LogP contribution in [0.25, 0.3) is 0 Å². The number of nitrogens with one attached hydrogen (secondary N) is 1. The second kappa shape index (κ2) is 14.2. The summed E-state index contributed by atoms with van der Waals surface area (Å²) in [7, 11) is 0. The molecule has 1 aromatic carbocycles. The Balaban J connectivity index is 1.62. The van der Waals surface area contributed by atoms with Gasteiger partial charge in [-0.25, -0.2) is 0 Å². The number of amides is 3. The third kappa shape index (κ3) is 6.23. The van der Waals surface area contributed by atoms with Crippen molar-refractivity contribution in [2.45, 2.75) is 82.7 Å². The number of hydrogen-bond donors (Lipinski definition) is 2. The van der Waals surface area contributed by atoms with Crippen LogP contribution in [-0.2, 0) is 28.7 Å². The van der Waals surface area contributed by atoms with E-state index in [2.05, 4.69) is 21.2 Å². The predicted molar refractivity (Wildman–Crippen MR) is 171 cm³/mol. The summed E-state index contributed by atoms with van der Waals surface area (Å²) in [6, 6.07) is 6.87. The van der Waals surface area contributed by atoms with E-state index in [9.17, 15) is 24.3 Å². The van der Waals surface area contributed by atoms with Crippen LogP contribution in [0, 0.1) is 17.8 Å². The minimum Gasteiger partial charge on any atom is -0.463 e. The Hall–Kier alpha value is -3.02. The molecule has 0 aromatic heterocycles. The lowest BCUT2D eigenvalue weighted by atomic mass is 9.74. The van der Waals surface area contributed by atoms with E-state index in [1.807, 2.05) is 63.3 Å². The molecule has 4 aliphatic rings. The van der Waals surface area contributed by atoms with Gasteiger partial charge in [-0.1, -0.05) is 92.0 Å². The maximum atomic E-state index is 14.7. The number of ether oxygens (including phenoxy) is 2. The summed E-state index contributed by atoms with van der Waals surface area (Å²) < 4.78 is 12.9. The topological polar surface area (TPSA) is 125 Å². The summed E-state index contributed by atoms with van der Waals surface area (Å²) in [5.74, 6) is -3.52. The molecule has 3 amide bonds. The van der Waals surface area contributed by atoms with Gasteiger partial charge in [-0.2, -0.15) is 0 Å². The summed E-state index contributed by atoms with van der Waals surface area (Å²) >= 11 is 3.61. The van der Waals surface area contributed by atoms with Gasteiger partial charge in [-0.15, -0.1) is 0 Å². The van der Waals surface area contributed by atoms with Crippen molar-refractivity contribution < 1.29 is 33.8 Å². The number of nitrogens with zero attached hydrogens (tertiary/aromatic N) is 2. The van der Waals surface area contributed by atoms with Gasteiger partial charge in [0.05, 0.1) is 30.5 Å². The molecule has 2 fully saturated rings. The van der Waals surface area contributed by atoms with Gasteiger partial charge in [-0.3, -0.25) is 19.2 Å². The van der Waals surface area contributed by atoms with Crippen LogP contribution in [0.3, 0.4) is 0 Å². The molecule has 45 heavy (non-hydrogen) atoms. The van der Waals surface area contributed by atoms with Gasteiger partial charge >= 0.3 is 5.97 Å². The fourth-order valence-corrected chi connectivity index (χ4v) is 7.90. The molecule has 2 N–H and O–H groups in total. The Labute approximate surface area is 273 Å². The fraction of sp³-hybridized carbons (Fsp3) is 0.588. The Morgan fingerprint density at radius 1 is 1.11 bits per heavy atom. The molecule has 244 valence electrons. The van der Waals surface area contributed by atoms with Crippen molar-refractivity contribution in [3.05, 3.63) is 58.6 Å². The molecule has 4 aliphatic heterocycles. The van der Waals surface area contributed by atoms with Gasteiger partial charge in [0, 0.05) is 24.0 Å². The van der Waals surface area contributed by atoms with E-state index in [1.54, 1.807) is 11.0 Å². The summed E-state index contributed by atoms with van der Waals surface area (Å²) in [6.07, 6.45) is 7.65. The van der Waals surface area contributed by atoms with E-state index >= 15 is 0 Å². The first-order valence-electron chi connectivity index (χ1n) is 16.1. The SMILES string of the molecule is CCCCN1C/C=C\CCC(=O)OC[C@H](c2ccccc2)NC(=O)[C@H]2[C@@H]3O[C@@]4(C=C3Br)[C@@H]2C(=O)N([C@@H](CO)[C@@H](C)CC)[C@@H]4C1=O. The monoisotopic (exact) mass is 685 g/mol. The maximum absolute atomic E-state index is 14.7. The van der Waals surface area contributed by atoms with E-state index < -0.39 is 53.5 Å². The first-order valence-corrected chi connectivity index (χ1v) is 16.9. The standard InChI is InChI=1S/C34H44BrN3O7/c1-4-6-16-37-17-12-8-11-15-26(40)44-20-24(22-13-9-7-10-14-22)36-31(41)27-28-32(42)38(25(19-39)21(3)5-2)30(33(37)43)34(28)18-23(35)29(27)45-34/h7-10,12-14,18,21,24-25,27-30,39H,4-6,11,15-17,19-20H2,1-3H3,(H,36,41)/b12-8-/t21-,24+,25-,27+,28-,29+,30+,34-/m0/s1. The lowest BCUT2D eigenvalue weighted by Gasteiger charge is -2.40. The Morgan fingerprint density at radius 3 is 2.56 bits per heavy atom. The second-order valence-electron chi connectivity index (χ2n) is 12.5. The average molecular weight is 687 g/mol. The highest BCUT2D eigenvalue weighted by molar-refractivity contribution is 9.11. The summed E-state index contributed by atoms with van der Waals surface area (Å²) in [5.41, 5.74) is -0.641. The largest absolute Gasteiger partial charge is 0.463 e. The number of halogens is 1. The van der Waals surface area contributed by atoms with Gasteiger partial charge in [0.2, 0.25) is 17.7 Å². The van der Waals surface area contributed by atoms with E-state index in [0.717, 1.165) is 18.4 Å². The zero-order valence-corrected chi connectivity index (χ0v) is 27.8. The van der Waals surface area contributed by atoms with Crippen molar-refractivity contribution in [2.75, 3.05) is 26.3 Å². The van der Waals surface area contributed by atoms with Gasteiger partial charge in [-0.05, 0) is 30.4 Å². The van der Waals surface area contributed by atoms with Crippen molar-refractivity contribution in [1.82, 2.24) is 15.1 Å². The van der Waals surface area contributed by atoms with Crippen LogP contribution < -0.4 is 5.32 Å². The number of rotatable bonds is 8. The van der Waals surface area contributed by atoms with Crippen LogP contribution >= 0.6 is 15.9 Å². The number of likely N-dealkylation sites (tertiary alicyclic amines) is 1. The number of esters is 1. The molecule has 5 bridgehead atoms. The van der Waals surface area contributed by atoms with E-state index in [0.29, 0.717) is 23.9 Å². The molecule has 5 rings (SSSR count). The normalized spacial score (nSPS) is 32.6. The van der Waals surface area contributed by atoms with Crippen LogP contribution in [0.2, 0.25) is 0 Å². The highest BCUT2D eigenvalue weighted by Gasteiger charge is 2.75. The smallest absolute Gasteiger partial charge is 0.306 e. The number of hydrogen-bond acceptors (Lipinski definition) is 7. The number of cyclic esters (lactones) is 1. The van der Waals surface area contributed by atoms with Crippen molar-refractivity contribution in [1.29, 1.82) is 0 Å². The zero-order chi connectivity index (χ0) is 32.3. The fourth-order valence-electron chi connectivity index (χ4n) is 7.16. The molecule has 4 heterocycles. The lowest BCUT2D eigenvalue weighted by Crippen LogP contribution is -2.59. The molecular formula is C34H44BrN3O7. The van der Waals surface area contributed by atoms with Gasteiger partial charge in [0.15, 0.2) is 0 Å². The first kappa shape index (κ1) is 33.3. The Morgan fingerprint density at radius 2 is 1.87 bits per heavy atom. The molecule has 2 saturated heterocycles. The second-order valence-corrected chi connectivity index (χ2v) is 13.4. The summed E-state index contributed by atoms with van der Waals surface area (Å²) in [6.45, 7) is 6.34. The summed E-state index contributed by atoms with van der Waals surface area (Å²) in [4.78, 5) is 59.5. The highest BCUT2D eigenvalue weighted by atomic mass is 79.9. The number of allylic oxidation sites excluding steroid dienone is 1.